The Morgan fingerprint density at radius 2 is 1.97 bits per heavy atom. The Labute approximate surface area is 189 Å². The van der Waals surface area contributed by atoms with Crippen LogP contribution in [0.5, 0.6) is 0 Å². The maximum atomic E-state index is 13.1. The number of aromatic nitrogens is 1. The van der Waals surface area contributed by atoms with Crippen molar-refractivity contribution in [2.75, 3.05) is 11.9 Å². The molecule has 164 valence electrons. The largest absolute Gasteiger partial charge is 0.361 e. The zero-order chi connectivity index (χ0) is 22.5. The van der Waals surface area contributed by atoms with Gasteiger partial charge in [0.15, 0.2) is 0 Å². The number of fused-ring (bicyclic) bond motifs is 4. The summed E-state index contributed by atoms with van der Waals surface area (Å²) in [6.07, 6.45) is 2.00. The first-order chi connectivity index (χ1) is 15.3. The van der Waals surface area contributed by atoms with Crippen LogP contribution in [0.15, 0.2) is 54.7 Å². The molecule has 3 aromatic rings. The van der Waals surface area contributed by atoms with Gasteiger partial charge in [-0.2, -0.15) is 0 Å². The fraction of sp³-hybridized carbons (Fsp3) is 0.292. The number of hydrogen-bond donors (Lipinski definition) is 3. The first kappa shape index (κ1) is 20.6. The van der Waals surface area contributed by atoms with Crippen molar-refractivity contribution < 1.29 is 14.4 Å². The van der Waals surface area contributed by atoms with E-state index < -0.39 is 10.8 Å². The molecule has 5 rings (SSSR count). The molecule has 2 aromatic carbocycles. The van der Waals surface area contributed by atoms with Crippen LogP contribution in [-0.4, -0.2) is 44.9 Å². The highest BCUT2D eigenvalue weighted by molar-refractivity contribution is 8.01. The van der Waals surface area contributed by atoms with Gasteiger partial charge in [-0.25, -0.2) is 0 Å². The average molecular weight is 449 g/mol. The highest BCUT2D eigenvalue weighted by atomic mass is 32.2. The van der Waals surface area contributed by atoms with Gasteiger partial charge in [0.2, 0.25) is 11.8 Å². The van der Waals surface area contributed by atoms with Crippen LogP contribution in [-0.2, 0) is 9.59 Å². The Hall–Kier alpha value is -3.26. The van der Waals surface area contributed by atoms with E-state index in [0.717, 1.165) is 16.5 Å². The van der Waals surface area contributed by atoms with Crippen molar-refractivity contribution in [3.63, 3.8) is 0 Å². The average Bonchev–Trinajstić information content (AvgIpc) is 3.40. The van der Waals surface area contributed by atoms with Crippen LogP contribution >= 0.6 is 11.8 Å². The number of aromatic amines is 1. The van der Waals surface area contributed by atoms with E-state index in [0.29, 0.717) is 11.3 Å². The molecule has 3 N–H and O–H groups in total. The smallest absolute Gasteiger partial charge is 0.256 e. The molecule has 2 aliphatic heterocycles. The molecule has 1 aromatic heterocycles. The van der Waals surface area contributed by atoms with E-state index in [-0.39, 0.29) is 36.1 Å². The highest BCUT2D eigenvalue weighted by Crippen LogP contribution is 2.56. The van der Waals surface area contributed by atoms with E-state index in [9.17, 15) is 14.4 Å². The minimum absolute atomic E-state index is 0.110. The van der Waals surface area contributed by atoms with Crippen LogP contribution in [0.1, 0.15) is 41.6 Å². The van der Waals surface area contributed by atoms with Gasteiger partial charge in [-0.15, -0.1) is 11.8 Å². The van der Waals surface area contributed by atoms with Gasteiger partial charge in [-0.1, -0.05) is 18.2 Å². The fourth-order valence-corrected chi connectivity index (χ4v) is 6.14. The summed E-state index contributed by atoms with van der Waals surface area (Å²) in [5.41, 5.74) is 3.34. The maximum absolute atomic E-state index is 13.1. The lowest BCUT2D eigenvalue weighted by molar-refractivity contribution is -0.126. The SMILES string of the molecule is CC1(C)S[C@@H]2c3ccccc3C(=O)N2[C@@H]1C(=O)NCCC(=O)Nc1ccc2[nH]ccc2c1. The van der Waals surface area contributed by atoms with Crippen molar-refractivity contribution in [2.45, 2.75) is 36.4 Å². The van der Waals surface area contributed by atoms with Gasteiger partial charge < -0.3 is 20.5 Å². The van der Waals surface area contributed by atoms with Crippen LogP contribution in [0, 0.1) is 0 Å². The van der Waals surface area contributed by atoms with Gasteiger partial charge in [0.25, 0.3) is 5.91 Å². The topological polar surface area (TPSA) is 94.3 Å². The normalized spacial score (nSPS) is 20.8. The number of benzene rings is 2. The lowest BCUT2D eigenvalue weighted by Crippen LogP contribution is -2.52. The number of nitrogens with one attached hydrogen (secondary N) is 3. The van der Waals surface area contributed by atoms with Gasteiger partial charge in [-0.05, 0) is 49.7 Å². The molecule has 0 saturated carbocycles. The molecule has 0 unspecified atom stereocenters. The first-order valence-electron chi connectivity index (χ1n) is 10.6. The number of carbonyl (C=O) groups excluding carboxylic acids is 3. The summed E-state index contributed by atoms with van der Waals surface area (Å²) < 4.78 is -0.438. The second-order valence-corrected chi connectivity index (χ2v) is 10.4. The minimum Gasteiger partial charge on any atom is -0.361 e. The molecule has 0 spiro atoms. The molecular formula is C24H24N4O3S. The number of carbonyl (C=O) groups is 3. The molecule has 32 heavy (non-hydrogen) atoms. The zero-order valence-electron chi connectivity index (χ0n) is 17.8. The summed E-state index contributed by atoms with van der Waals surface area (Å²) in [4.78, 5) is 43.3. The number of H-pyrrole nitrogens is 1. The van der Waals surface area contributed by atoms with Crippen molar-refractivity contribution in [2.24, 2.45) is 0 Å². The Morgan fingerprint density at radius 3 is 2.81 bits per heavy atom. The van der Waals surface area contributed by atoms with Crippen LogP contribution in [0.3, 0.4) is 0 Å². The fourth-order valence-electron chi connectivity index (χ4n) is 4.56. The first-order valence-corrected chi connectivity index (χ1v) is 11.5. The molecule has 1 saturated heterocycles. The molecule has 2 aliphatic rings. The standard InChI is InChI=1S/C24H24N4O3S/c1-24(2)20(28-22(31)16-5-3-4-6-17(16)23(28)32-24)21(30)26-12-10-19(29)27-15-7-8-18-14(13-15)9-11-25-18/h3-9,11,13,20,23,25H,10,12H2,1-2H3,(H,26,30)(H,27,29)/t20-,23-/m1/s1. The molecule has 3 amide bonds. The third-order valence-corrected chi connectivity index (χ3v) is 7.57. The quantitative estimate of drug-likeness (QED) is 0.555. The van der Waals surface area contributed by atoms with E-state index in [4.69, 9.17) is 0 Å². The summed E-state index contributed by atoms with van der Waals surface area (Å²) in [5.74, 6) is -0.516. The van der Waals surface area contributed by atoms with Crippen molar-refractivity contribution in [3.8, 4) is 0 Å². The molecular weight excluding hydrogens is 424 g/mol. The molecule has 0 bridgehead atoms. The van der Waals surface area contributed by atoms with Crippen molar-refractivity contribution >= 4 is 46.1 Å². The molecule has 1 fully saturated rings. The Morgan fingerprint density at radius 1 is 1.16 bits per heavy atom. The second-order valence-electron chi connectivity index (χ2n) is 8.64. The predicted octanol–water partition coefficient (Wildman–Crippen LogP) is 3.66. The highest BCUT2D eigenvalue weighted by Gasteiger charge is 2.57. The molecule has 2 atom stereocenters. The van der Waals surface area contributed by atoms with Crippen molar-refractivity contribution in [1.82, 2.24) is 15.2 Å². The van der Waals surface area contributed by atoms with E-state index in [1.807, 2.05) is 68.6 Å². The third kappa shape index (κ3) is 3.44. The second kappa shape index (κ2) is 7.70. The predicted molar refractivity (Wildman–Crippen MR) is 125 cm³/mol. The van der Waals surface area contributed by atoms with E-state index >= 15 is 0 Å². The van der Waals surface area contributed by atoms with E-state index in [2.05, 4.69) is 15.6 Å². The molecule has 0 radical (unpaired) electrons. The monoisotopic (exact) mass is 448 g/mol. The van der Waals surface area contributed by atoms with Gasteiger partial charge in [0.05, 0.1) is 0 Å². The number of hydrogen-bond acceptors (Lipinski definition) is 4. The number of thioether (sulfide) groups is 1. The summed E-state index contributed by atoms with van der Waals surface area (Å²) in [5, 5.41) is 6.60. The van der Waals surface area contributed by atoms with E-state index in [1.165, 1.54) is 0 Å². The van der Waals surface area contributed by atoms with Gasteiger partial charge in [0.1, 0.15) is 11.4 Å². The lowest BCUT2D eigenvalue weighted by Gasteiger charge is -2.29. The molecule has 0 aliphatic carbocycles. The minimum atomic E-state index is -0.601. The summed E-state index contributed by atoms with van der Waals surface area (Å²) in [6, 6.07) is 14.5. The summed E-state index contributed by atoms with van der Waals surface area (Å²) in [7, 11) is 0. The van der Waals surface area contributed by atoms with Crippen LogP contribution < -0.4 is 10.6 Å². The van der Waals surface area contributed by atoms with Crippen molar-refractivity contribution in [3.05, 3.63) is 65.9 Å². The zero-order valence-corrected chi connectivity index (χ0v) is 18.7. The number of rotatable bonds is 5. The number of anilines is 1. The van der Waals surface area contributed by atoms with Gasteiger partial charge >= 0.3 is 0 Å². The van der Waals surface area contributed by atoms with Crippen LogP contribution in [0.2, 0.25) is 0 Å². The molecule has 3 heterocycles. The summed E-state index contributed by atoms with van der Waals surface area (Å²) >= 11 is 1.63. The Kier molecular flexibility index (Phi) is 4.97. The third-order valence-electron chi connectivity index (χ3n) is 6.03. The number of nitrogens with zero attached hydrogens (tertiary/aromatic N) is 1. The Bertz CT molecular complexity index is 1230. The van der Waals surface area contributed by atoms with Gasteiger partial charge in [-0.3, -0.25) is 14.4 Å². The van der Waals surface area contributed by atoms with E-state index in [1.54, 1.807) is 16.7 Å². The van der Waals surface area contributed by atoms with Gasteiger partial charge in [0, 0.05) is 46.1 Å². The molecule has 7 nitrogen and oxygen atoms in total. The molecule has 8 heteroatoms. The Balaban J connectivity index is 1.21. The lowest BCUT2D eigenvalue weighted by atomic mass is 10.0. The maximum Gasteiger partial charge on any atom is 0.256 e. The van der Waals surface area contributed by atoms with Crippen molar-refractivity contribution in [1.29, 1.82) is 0 Å². The number of amides is 3. The van der Waals surface area contributed by atoms with Crippen LogP contribution in [0.25, 0.3) is 10.9 Å². The summed E-state index contributed by atoms with van der Waals surface area (Å²) in [6.45, 7) is 4.17. The van der Waals surface area contributed by atoms with Crippen LogP contribution in [0.4, 0.5) is 5.69 Å².